The zero-order valence-corrected chi connectivity index (χ0v) is 26.2. The molecule has 0 atom stereocenters. The van der Waals surface area contributed by atoms with Crippen LogP contribution in [0.4, 0.5) is 35.0 Å². The average molecular weight is 629 g/mol. The van der Waals surface area contributed by atoms with Gasteiger partial charge in [0.1, 0.15) is 18.4 Å². The lowest BCUT2D eigenvalue weighted by molar-refractivity contribution is -0.0658. The highest BCUT2D eigenvalue weighted by atomic mass is 28.3. The zero-order chi connectivity index (χ0) is 31.2. The standard InChI is InChI=1S/C30H36F4N8OSi/c1-40-29(38-28(39-40)19-5-8-25(35-14-19)41-16-30(17-41)12-20(13-30)26(32)33)37-21-6-7-22(24(31)11-21)23-15-36-42(27(23)34)18-43-9-10-44(2,3)4/h5-8,11,14-15,20,26H,9-10,12-13,16-18H2,1-4H3,(H,37,38,39). The quantitative estimate of drug-likeness (QED) is 0.114. The highest BCUT2D eigenvalue weighted by Gasteiger charge is 2.55. The summed E-state index contributed by atoms with van der Waals surface area (Å²) in [6.45, 7) is 8.69. The number of pyridine rings is 1. The third-order valence-corrected chi connectivity index (χ3v) is 10.1. The van der Waals surface area contributed by atoms with Gasteiger partial charge in [-0.1, -0.05) is 19.6 Å². The summed E-state index contributed by atoms with van der Waals surface area (Å²) in [4.78, 5) is 11.2. The van der Waals surface area contributed by atoms with E-state index < -0.39 is 32.2 Å². The average Bonchev–Trinajstić information content (AvgIpc) is 3.46. The molecule has 2 aliphatic rings. The molecule has 6 rings (SSSR count). The summed E-state index contributed by atoms with van der Waals surface area (Å²) < 4.78 is 64.1. The molecule has 1 aromatic carbocycles. The van der Waals surface area contributed by atoms with Gasteiger partial charge in [-0.05, 0) is 49.2 Å². The highest BCUT2D eigenvalue weighted by Crippen LogP contribution is 2.54. The van der Waals surface area contributed by atoms with Gasteiger partial charge in [0.05, 0.1) is 11.8 Å². The van der Waals surface area contributed by atoms with Crippen LogP contribution in [-0.4, -0.2) is 63.7 Å². The summed E-state index contributed by atoms with van der Waals surface area (Å²) in [5.74, 6) is -0.133. The fourth-order valence-electron chi connectivity index (χ4n) is 5.85. The van der Waals surface area contributed by atoms with Crippen molar-refractivity contribution in [2.45, 2.75) is 51.7 Å². The molecule has 14 heteroatoms. The van der Waals surface area contributed by atoms with Crippen LogP contribution in [0, 0.1) is 23.1 Å². The third kappa shape index (κ3) is 6.22. The first-order chi connectivity index (χ1) is 20.9. The summed E-state index contributed by atoms with van der Waals surface area (Å²) in [5, 5.41) is 11.6. The van der Waals surface area contributed by atoms with E-state index >= 15 is 8.78 Å². The van der Waals surface area contributed by atoms with Crippen LogP contribution < -0.4 is 10.2 Å². The smallest absolute Gasteiger partial charge is 0.241 e. The van der Waals surface area contributed by atoms with Gasteiger partial charge in [0.15, 0.2) is 5.82 Å². The fraction of sp³-hybridized carbons (Fsp3) is 0.467. The minimum atomic E-state index is -2.23. The topological polar surface area (TPSA) is 85.9 Å². The molecule has 1 saturated heterocycles. The van der Waals surface area contributed by atoms with Crippen molar-refractivity contribution in [1.82, 2.24) is 29.5 Å². The Labute approximate surface area is 254 Å². The van der Waals surface area contributed by atoms with E-state index in [0.29, 0.717) is 42.5 Å². The maximum absolute atomic E-state index is 15.1. The van der Waals surface area contributed by atoms with Gasteiger partial charge in [-0.3, -0.25) is 0 Å². The summed E-state index contributed by atoms with van der Waals surface area (Å²) in [5.41, 5.74) is 1.28. The van der Waals surface area contributed by atoms with Gasteiger partial charge in [-0.15, -0.1) is 5.10 Å². The Morgan fingerprint density at radius 2 is 1.84 bits per heavy atom. The van der Waals surface area contributed by atoms with E-state index in [2.05, 4.69) is 50.0 Å². The number of anilines is 3. The molecular formula is C30H36F4N8OSi. The summed E-state index contributed by atoms with van der Waals surface area (Å²) in [7, 11) is 0.449. The first-order valence-corrected chi connectivity index (χ1v) is 18.4. The van der Waals surface area contributed by atoms with E-state index in [4.69, 9.17) is 4.74 Å². The number of halogens is 4. The van der Waals surface area contributed by atoms with Crippen LogP contribution in [0.15, 0.2) is 42.7 Å². The molecular weight excluding hydrogens is 592 g/mol. The molecule has 0 amide bonds. The zero-order valence-electron chi connectivity index (χ0n) is 25.2. The van der Waals surface area contributed by atoms with E-state index in [1.807, 2.05) is 12.1 Å². The second-order valence-corrected chi connectivity index (χ2v) is 18.8. The van der Waals surface area contributed by atoms with Crippen LogP contribution >= 0.6 is 0 Å². The summed E-state index contributed by atoms with van der Waals surface area (Å²) in [6, 6.07) is 9.10. The number of alkyl halides is 2. The number of ether oxygens (including phenoxy) is 1. The largest absolute Gasteiger partial charge is 0.359 e. The van der Waals surface area contributed by atoms with E-state index in [1.54, 1.807) is 19.3 Å². The van der Waals surface area contributed by atoms with Crippen molar-refractivity contribution < 1.29 is 22.3 Å². The number of aromatic nitrogens is 6. The van der Waals surface area contributed by atoms with Crippen molar-refractivity contribution >= 4 is 25.5 Å². The van der Waals surface area contributed by atoms with Crippen LogP contribution in [0.5, 0.6) is 0 Å². The minimum Gasteiger partial charge on any atom is -0.359 e. The summed E-state index contributed by atoms with van der Waals surface area (Å²) in [6.07, 6.45) is 1.91. The lowest BCUT2D eigenvalue weighted by Crippen LogP contribution is -2.63. The van der Waals surface area contributed by atoms with Crippen molar-refractivity contribution in [1.29, 1.82) is 0 Å². The van der Waals surface area contributed by atoms with Crippen LogP contribution in [0.3, 0.4) is 0 Å². The van der Waals surface area contributed by atoms with Gasteiger partial charge in [0.25, 0.3) is 0 Å². The second kappa shape index (κ2) is 11.6. The van der Waals surface area contributed by atoms with Crippen LogP contribution in [-0.2, 0) is 18.5 Å². The van der Waals surface area contributed by atoms with Gasteiger partial charge in [0.2, 0.25) is 18.3 Å². The van der Waals surface area contributed by atoms with Crippen LogP contribution in [0.25, 0.3) is 22.5 Å². The van der Waals surface area contributed by atoms with E-state index in [0.717, 1.165) is 29.6 Å². The minimum absolute atomic E-state index is 0.0140. The SMILES string of the molecule is Cn1nc(-c2ccc(N3CC4(CC(C(F)F)C4)C3)nc2)nc1Nc1ccc(-c2cnn(COCC[Si](C)(C)C)c2F)c(F)c1. The Balaban J connectivity index is 1.07. The lowest BCUT2D eigenvalue weighted by atomic mass is 9.58. The predicted molar refractivity (Wildman–Crippen MR) is 163 cm³/mol. The van der Waals surface area contributed by atoms with Gasteiger partial charge in [-0.2, -0.15) is 14.5 Å². The number of benzene rings is 1. The normalized spacial score (nSPS) is 16.4. The van der Waals surface area contributed by atoms with Crippen molar-refractivity contribution in [2.24, 2.45) is 18.4 Å². The fourth-order valence-corrected chi connectivity index (χ4v) is 6.60. The second-order valence-electron chi connectivity index (χ2n) is 13.2. The van der Waals surface area contributed by atoms with Crippen molar-refractivity contribution in [3.05, 3.63) is 54.5 Å². The van der Waals surface area contributed by atoms with Crippen molar-refractivity contribution in [2.75, 3.05) is 29.9 Å². The van der Waals surface area contributed by atoms with E-state index in [9.17, 15) is 8.78 Å². The molecule has 1 spiro atoms. The van der Waals surface area contributed by atoms with E-state index in [1.165, 1.54) is 23.0 Å². The van der Waals surface area contributed by atoms with Gasteiger partial charge in [-0.25, -0.2) is 27.5 Å². The molecule has 234 valence electrons. The van der Waals surface area contributed by atoms with E-state index in [-0.39, 0.29) is 23.3 Å². The maximum Gasteiger partial charge on any atom is 0.241 e. The van der Waals surface area contributed by atoms with Gasteiger partial charge >= 0.3 is 0 Å². The molecule has 9 nitrogen and oxygen atoms in total. The lowest BCUT2D eigenvalue weighted by Gasteiger charge is -2.59. The number of nitrogens with one attached hydrogen (secondary N) is 1. The molecule has 1 aliphatic carbocycles. The third-order valence-electron chi connectivity index (χ3n) is 8.39. The van der Waals surface area contributed by atoms with Crippen molar-refractivity contribution in [3.63, 3.8) is 0 Å². The monoisotopic (exact) mass is 628 g/mol. The molecule has 1 saturated carbocycles. The highest BCUT2D eigenvalue weighted by molar-refractivity contribution is 6.76. The van der Waals surface area contributed by atoms with Crippen LogP contribution in [0.1, 0.15) is 12.8 Å². The molecule has 44 heavy (non-hydrogen) atoms. The number of aryl methyl sites for hydroxylation is 1. The van der Waals surface area contributed by atoms with Crippen molar-refractivity contribution in [3.8, 4) is 22.5 Å². The predicted octanol–water partition coefficient (Wildman–Crippen LogP) is 6.56. The number of rotatable bonds is 11. The molecule has 0 bridgehead atoms. The molecule has 1 N–H and O–H groups in total. The molecule has 3 aromatic heterocycles. The molecule has 4 aromatic rings. The molecule has 4 heterocycles. The molecule has 2 fully saturated rings. The summed E-state index contributed by atoms with van der Waals surface area (Å²) >= 11 is 0. The molecule has 0 unspecified atom stereocenters. The maximum atomic E-state index is 15.1. The first-order valence-electron chi connectivity index (χ1n) is 14.7. The number of hydrogen-bond donors (Lipinski definition) is 1. The molecule has 1 aliphatic heterocycles. The Morgan fingerprint density at radius 3 is 2.50 bits per heavy atom. The number of nitrogens with zero attached hydrogens (tertiary/aromatic N) is 7. The first kappa shape index (κ1) is 30.3. The number of hydrogen-bond acceptors (Lipinski definition) is 7. The molecule has 0 radical (unpaired) electrons. The van der Waals surface area contributed by atoms with Crippen LogP contribution in [0.2, 0.25) is 25.7 Å². The Hall–Kier alpha value is -3.78. The van der Waals surface area contributed by atoms with Gasteiger partial charge < -0.3 is 15.0 Å². The Bertz CT molecular complexity index is 1620. The Kier molecular flexibility index (Phi) is 7.99. The Morgan fingerprint density at radius 1 is 1.07 bits per heavy atom. The van der Waals surface area contributed by atoms with Gasteiger partial charge in [0, 0.05) is 69.2 Å².